The van der Waals surface area contributed by atoms with E-state index in [4.69, 9.17) is 9.72 Å². The summed E-state index contributed by atoms with van der Waals surface area (Å²) in [4.78, 5) is 22.9. The Hall–Kier alpha value is -4.04. The SMILES string of the molecule is Cc1nc(COc2ccc(F)cc2)sc1C(=O)Nc1c(-c2ccccc2)nc2ccccn12. The molecule has 0 unspecified atom stereocenters. The van der Waals surface area contributed by atoms with Crippen molar-refractivity contribution in [2.45, 2.75) is 13.5 Å². The minimum atomic E-state index is -0.325. The first-order chi connectivity index (χ1) is 16.1. The van der Waals surface area contributed by atoms with Gasteiger partial charge in [0, 0.05) is 11.8 Å². The first-order valence-electron chi connectivity index (χ1n) is 10.3. The van der Waals surface area contributed by atoms with Crippen LogP contribution in [-0.2, 0) is 6.61 Å². The van der Waals surface area contributed by atoms with Crippen LogP contribution in [-0.4, -0.2) is 20.3 Å². The summed E-state index contributed by atoms with van der Waals surface area (Å²) in [6.45, 7) is 1.98. The molecule has 5 rings (SSSR count). The number of thiazole rings is 1. The molecule has 0 atom stereocenters. The number of hydrogen-bond acceptors (Lipinski definition) is 5. The second-order valence-corrected chi connectivity index (χ2v) is 8.41. The Balaban J connectivity index is 1.40. The van der Waals surface area contributed by atoms with E-state index in [1.807, 2.05) is 59.1 Å². The minimum absolute atomic E-state index is 0.190. The standard InChI is InChI=1S/C25H19FN4O2S/c1-16-23(33-21(27-16)15-32-19-12-10-18(26)11-13-19)25(31)29-24-22(17-7-3-2-4-8-17)28-20-9-5-6-14-30(20)24/h2-14H,15H2,1H3,(H,29,31). The maximum Gasteiger partial charge on any atom is 0.268 e. The Morgan fingerprint density at radius 1 is 1.03 bits per heavy atom. The Labute approximate surface area is 193 Å². The van der Waals surface area contributed by atoms with Crippen molar-refractivity contribution in [1.82, 2.24) is 14.4 Å². The van der Waals surface area contributed by atoms with Crippen molar-refractivity contribution in [3.05, 3.63) is 100 Å². The van der Waals surface area contributed by atoms with E-state index in [0.717, 1.165) is 11.2 Å². The van der Waals surface area contributed by atoms with Crippen molar-refractivity contribution >= 4 is 28.7 Å². The summed E-state index contributed by atoms with van der Waals surface area (Å²) in [5, 5.41) is 3.69. The van der Waals surface area contributed by atoms with Gasteiger partial charge >= 0.3 is 0 Å². The third-order valence-electron chi connectivity index (χ3n) is 5.03. The molecule has 0 aliphatic rings. The Bertz CT molecular complexity index is 1430. The van der Waals surface area contributed by atoms with E-state index >= 15 is 0 Å². The molecule has 3 heterocycles. The Kier molecular flexibility index (Phi) is 5.58. The monoisotopic (exact) mass is 458 g/mol. The molecule has 2 aromatic carbocycles. The smallest absolute Gasteiger partial charge is 0.268 e. The van der Waals surface area contributed by atoms with Gasteiger partial charge in [0.1, 0.15) is 45.2 Å². The van der Waals surface area contributed by atoms with Crippen molar-refractivity contribution in [1.29, 1.82) is 0 Å². The molecule has 1 amide bonds. The number of benzene rings is 2. The van der Waals surface area contributed by atoms with Gasteiger partial charge in [-0.25, -0.2) is 14.4 Å². The van der Waals surface area contributed by atoms with Crippen LogP contribution in [0.2, 0.25) is 0 Å². The highest BCUT2D eigenvalue weighted by Gasteiger charge is 2.20. The number of aryl methyl sites for hydroxylation is 1. The summed E-state index contributed by atoms with van der Waals surface area (Å²) in [6, 6.07) is 21.2. The molecule has 0 spiro atoms. The largest absolute Gasteiger partial charge is 0.486 e. The molecule has 5 aromatic rings. The van der Waals surface area contributed by atoms with Gasteiger partial charge in [-0.3, -0.25) is 9.20 Å². The normalized spacial score (nSPS) is 11.0. The number of carbonyl (C=O) groups excluding carboxylic acids is 1. The van der Waals surface area contributed by atoms with Crippen molar-refractivity contribution in [3.8, 4) is 17.0 Å². The fraction of sp³-hybridized carbons (Fsp3) is 0.0800. The lowest BCUT2D eigenvalue weighted by molar-refractivity contribution is 0.102. The first kappa shape index (κ1) is 20.8. The Morgan fingerprint density at radius 3 is 2.58 bits per heavy atom. The molecular weight excluding hydrogens is 439 g/mol. The van der Waals surface area contributed by atoms with Crippen molar-refractivity contribution in [2.75, 3.05) is 5.32 Å². The highest BCUT2D eigenvalue weighted by atomic mass is 32.1. The first-order valence-corrected chi connectivity index (χ1v) is 11.1. The lowest BCUT2D eigenvalue weighted by Gasteiger charge is -2.07. The number of pyridine rings is 1. The van der Waals surface area contributed by atoms with Gasteiger partial charge in [0.15, 0.2) is 0 Å². The third-order valence-corrected chi connectivity index (χ3v) is 6.16. The number of nitrogens with one attached hydrogen (secondary N) is 1. The number of fused-ring (bicyclic) bond motifs is 1. The number of nitrogens with zero attached hydrogens (tertiary/aromatic N) is 3. The van der Waals surface area contributed by atoms with Crippen LogP contribution < -0.4 is 10.1 Å². The fourth-order valence-corrected chi connectivity index (χ4v) is 4.35. The van der Waals surface area contributed by atoms with E-state index < -0.39 is 0 Å². The molecule has 3 aromatic heterocycles. The van der Waals surface area contributed by atoms with Gasteiger partial charge in [0.25, 0.3) is 5.91 Å². The second-order valence-electron chi connectivity index (χ2n) is 7.32. The molecular formula is C25H19FN4O2S. The summed E-state index contributed by atoms with van der Waals surface area (Å²) in [6.07, 6.45) is 1.87. The number of carbonyl (C=O) groups is 1. The zero-order valence-electron chi connectivity index (χ0n) is 17.7. The van der Waals surface area contributed by atoms with E-state index in [0.29, 0.717) is 32.8 Å². The van der Waals surface area contributed by atoms with Crippen LogP contribution in [0, 0.1) is 12.7 Å². The molecule has 164 valence electrons. The molecule has 0 radical (unpaired) electrons. The summed E-state index contributed by atoms with van der Waals surface area (Å²) in [5.74, 6) is 0.543. The number of amides is 1. The predicted molar refractivity (Wildman–Crippen MR) is 126 cm³/mol. The van der Waals surface area contributed by atoms with Gasteiger partial charge in [-0.15, -0.1) is 11.3 Å². The fourth-order valence-electron chi connectivity index (χ4n) is 3.48. The maximum atomic E-state index is 13.2. The lowest BCUT2D eigenvalue weighted by atomic mass is 10.1. The number of hydrogen-bond donors (Lipinski definition) is 1. The number of rotatable bonds is 6. The summed E-state index contributed by atoms with van der Waals surface area (Å²) in [7, 11) is 0. The zero-order chi connectivity index (χ0) is 22.8. The number of imidazole rings is 1. The van der Waals surface area contributed by atoms with Crippen molar-refractivity contribution in [3.63, 3.8) is 0 Å². The van der Waals surface area contributed by atoms with E-state index in [-0.39, 0.29) is 18.3 Å². The average Bonchev–Trinajstić information content (AvgIpc) is 3.40. The van der Waals surface area contributed by atoms with Gasteiger partial charge in [-0.2, -0.15) is 0 Å². The molecule has 6 nitrogen and oxygen atoms in total. The van der Waals surface area contributed by atoms with E-state index in [2.05, 4.69) is 10.3 Å². The molecule has 0 fully saturated rings. The quantitative estimate of drug-likeness (QED) is 0.353. The molecule has 0 bridgehead atoms. The number of halogens is 1. The van der Waals surface area contributed by atoms with Gasteiger partial charge < -0.3 is 10.1 Å². The number of anilines is 1. The third kappa shape index (κ3) is 4.33. The highest BCUT2D eigenvalue weighted by molar-refractivity contribution is 7.13. The predicted octanol–water partition coefficient (Wildman–Crippen LogP) is 5.74. The molecule has 8 heteroatoms. The van der Waals surface area contributed by atoms with Crippen LogP contribution >= 0.6 is 11.3 Å². The summed E-state index contributed by atoms with van der Waals surface area (Å²) < 4.78 is 20.6. The molecule has 1 N–H and O–H groups in total. The van der Waals surface area contributed by atoms with Crippen molar-refractivity contribution < 1.29 is 13.9 Å². The molecule has 0 aliphatic carbocycles. The summed E-state index contributed by atoms with van der Waals surface area (Å²) in [5.41, 5.74) is 2.95. The van der Waals surface area contributed by atoms with Crippen LogP contribution in [0.25, 0.3) is 16.9 Å². The highest BCUT2D eigenvalue weighted by Crippen LogP contribution is 2.30. The van der Waals surface area contributed by atoms with E-state index in [1.54, 1.807) is 19.1 Å². The van der Waals surface area contributed by atoms with Gasteiger partial charge in [0.2, 0.25) is 0 Å². The number of aromatic nitrogens is 3. The molecule has 0 aliphatic heterocycles. The zero-order valence-corrected chi connectivity index (χ0v) is 18.5. The van der Waals surface area contributed by atoms with Crippen LogP contribution in [0.1, 0.15) is 20.4 Å². The second kappa shape index (κ2) is 8.84. The average molecular weight is 459 g/mol. The van der Waals surface area contributed by atoms with Crippen LogP contribution in [0.15, 0.2) is 79.0 Å². The van der Waals surface area contributed by atoms with Crippen LogP contribution in [0.5, 0.6) is 5.75 Å². The van der Waals surface area contributed by atoms with E-state index in [1.165, 1.54) is 23.5 Å². The molecule has 0 saturated heterocycles. The van der Waals surface area contributed by atoms with Gasteiger partial charge in [0.05, 0.1) is 5.69 Å². The Morgan fingerprint density at radius 2 is 1.79 bits per heavy atom. The summed E-state index contributed by atoms with van der Waals surface area (Å²) >= 11 is 1.27. The maximum absolute atomic E-state index is 13.2. The topological polar surface area (TPSA) is 68.5 Å². The van der Waals surface area contributed by atoms with Crippen molar-refractivity contribution in [2.24, 2.45) is 0 Å². The number of ether oxygens (including phenoxy) is 1. The van der Waals surface area contributed by atoms with Crippen LogP contribution in [0.4, 0.5) is 10.2 Å². The molecule has 0 saturated carbocycles. The van der Waals surface area contributed by atoms with E-state index in [9.17, 15) is 9.18 Å². The van der Waals surface area contributed by atoms with Crippen LogP contribution in [0.3, 0.4) is 0 Å². The van der Waals surface area contributed by atoms with Gasteiger partial charge in [-0.1, -0.05) is 36.4 Å². The van der Waals surface area contributed by atoms with Gasteiger partial charge in [-0.05, 0) is 43.3 Å². The minimum Gasteiger partial charge on any atom is -0.486 e. The lowest BCUT2D eigenvalue weighted by Crippen LogP contribution is -2.13. The molecule has 33 heavy (non-hydrogen) atoms.